The van der Waals surface area contributed by atoms with E-state index in [4.69, 9.17) is 27.9 Å². The highest BCUT2D eigenvalue weighted by Gasteiger charge is 2.18. The van der Waals surface area contributed by atoms with Crippen LogP contribution in [-0.4, -0.2) is 49.1 Å². The van der Waals surface area contributed by atoms with Crippen molar-refractivity contribution < 1.29 is 14.3 Å². The maximum Gasteiger partial charge on any atom is 0.258 e. The number of thioether (sulfide) groups is 1. The van der Waals surface area contributed by atoms with Crippen LogP contribution in [0.3, 0.4) is 0 Å². The Labute approximate surface area is 238 Å². The van der Waals surface area contributed by atoms with Gasteiger partial charge in [0.1, 0.15) is 10.8 Å². The van der Waals surface area contributed by atoms with Gasteiger partial charge < -0.3 is 10.1 Å². The number of carbonyl (C=O) groups excluding carboxylic acids is 2. The molecule has 2 amide bonds. The molecule has 0 atom stereocenters. The van der Waals surface area contributed by atoms with Crippen molar-refractivity contribution in [2.24, 2.45) is 0 Å². The maximum absolute atomic E-state index is 12.4. The lowest BCUT2D eigenvalue weighted by atomic mass is 10.3. The number of ether oxygens (including phenoxy) is 1. The standard InChI is InChI=1S/C22H18BrCl2N7O3S2/c1-12-28-30-21(37-12)27-20(34)11-36-22-31-29-18(32(22)15-5-2-13(23)3-6-15)9-26-19(33)10-35-17-7-4-14(24)8-16(17)25/h2-8H,9-11H2,1H3,(H,26,33)(H,27,30,34). The van der Waals surface area contributed by atoms with E-state index < -0.39 is 0 Å². The average molecular weight is 643 g/mol. The maximum atomic E-state index is 12.4. The number of rotatable bonds is 10. The third-order valence-corrected chi connectivity index (χ3v) is 7.33. The number of carbonyl (C=O) groups is 2. The molecule has 2 aromatic carbocycles. The molecule has 4 aromatic rings. The van der Waals surface area contributed by atoms with Gasteiger partial charge in [-0.15, -0.1) is 20.4 Å². The number of amides is 2. The Balaban J connectivity index is 1.42. The molecule has 0 aliphatic carbocycles. The Kier molecular flexibility index (Phi) is 9.38. The Hall–Kier alpha value is -2.71. The van der Waals surface area contributed by atoms with Crippen LogP contribution in [0.4, 0.5) is 5.13 Å². The first kappa shape index (κ1) is 27.3. The highest BCUT2D eigenvalue weighted by Crippen LogP contribution is 2.27. The topological polar surface area (TPSA) is 124 Å². The second kappa shape index (κ2) is 12.7. The molecule has 0 saturated heterocycles. The largest absolute Gasteiger partial charge is 0.482 e. The number of hydrogen-bond donors (Lipinski definition) is 2. The van der Waals surface area contributed by atoms with Gasteiger partial charge in [-0.25, -0.2) is 0 Å². The van der Waals surface area contributed by atoms with Gasteiger partial charge in [0.05, 0.1) is 17.3 Å². The van der Waals surface area contributed by atoms with Gasteiger partial charge in [0, 0.05) is 15.2 Å². The van der Waals surface area contributed by atoms with E-state index in [-0.39, 0.29) is 30.7 Å². The fourth-order valence-electron chi connectivity index (χ4n) is 2.95. The summed E-state index contributed by atoms with van der Waals surface area (Å²) in [4.78, 5) is 24.8. The first-order valence-electron chi connectivity index (χ1n) is 10.6. The van der Waals surface area contributed by atoms with Crippen LogP contribution in [0.1, 0.15) is 10.8 Å². The number of halogens is 3. The summed E-state index contributed by atoms with van der Waals surface area (Å²) in [6.45, 7) is 1.64. The predicted molar refractivity (Wildman–Crippen MR) is 147 cm³/mol. The SMILES string of the molecule is Cc1nnc(NC(=O)CSc2nnc(CNC(=O)COc3ccc(Cl)cc3Cl)n2-c2ccc(Br)cc2)s1. The van der Waals surface area contributed by atoms with Crippen molar-refractivity contribution in [3.05, 3.63) is 67.8 Å². The van der Waals surface area contributed by atoms with Crippen molar-refractivity contribution in [3.63, 3.8) is 0 Å². The van der Waals surface area contributed by atoms with Gasteiger partial charge in [-0.2, -0.15) is 0 Å². The van der Waals surface area contributed by atoms with Gasteiger partial charge in [-0.3, -0.25) is 19.5 Å². The summed E-state index contributed by atoms with van der Waals surface area (Å²) in [7, 11) is 0. The van der Waals surface area contributed by atoms with Crippen LogP contribution in [0.15, 0.2) is 52.1 Å². The summed E-state index contributed by atoms with van der Waals surface area (Å²) in [6, 6.07) is 12.2. The summed E-state index contributed by atoms with van der Waals surface area (Å²) in [5, 5.41) is 24.2. The molecule has 0 bridgehead atoms. The Bertz CT molecular complexity index is 1420. The minimum absolute atomic E-state index is 0.0787. The van der Waals surface area contributed by atoms with E-state index in [1.165, 1.54) is 29.2 Å². The minimum atomic E-state index is -0.377. The molecule has 15 heteroatoms. The van der Waals surface area contributed by atoms with E-state index in [1.54, 1.807) is 16.7 Å². The van der Waals surface area contributed by atoms with E-state index in [2.05, 4.69) is 47.0 Å². The summed E-state index contributed by atoms with van der Waals surface area (Å²) >= 11 is 17.9. The van der Waals surface area contributed by atoms with Gasteiger partial charge in [0.2, 0.25) is 11.0 Å². The molecular weight excluding hydrogens is 625 g/mol. The summed E-state index contributed by atoms with van der Waals surface area (Å²) in [5.74, 6) is 0.273. The summed E-state index contributed by atoms with van der Waals surface area (Å²) < 4.78 is 8.16. The predicted octanol–water partition coefficient (Wildman–Crippen LogP) is 4.92. The molecule has 192 valence electrons. The van der Waals surface area contributed by atoms with Gasteiger partial charge in [-0.1, -0.05) is 62.2 Å². The fourth-order valence-corrected chi connectivity index (χ4v) is 5.06. The van der Waals surface area contributed by atoms with E-state index in [0.29, 0.717) is 31.9 Å². The molecular formula is C22H18BrCl2N7O3S2. The zero-order valence-corrected chi connectivity index (χ0v) is 23.8. The molecule has 2 heterocycles. The molecule has 4 rings (SSSR count). The molecule has 0 spiro atoms. The molecule has 0 unspecified atom stereocenters. The first-order chi connectivity index (χ1) is 17.8. The second-order valence-electron chi connectivity index (χ2n) is 7.31. The Morgan fingerprint density at radius 2 is 1.86 bits per heavy atom. The van der Waals surface area contributed by atoms with Crippen LogP contribution in [0.2, 0.25) is 10.0 Å². The van der Waals surface area contributed by atoms with Crippen LogP contribution in [0, 0.1) is 6.92 Å². The van der Waals surface area contributed by atoms with E-state index in [1.807, 2.05) is 31.2 Å². The third kappa shape index (κ3) is 7.65. The molecule has 0 fully saturated rings. The Morgan fingerprint density at radius 3 is 2.57 bits per heavy atom. The molecule has 0 aliphatic heterocycles. The first-order valence-corrected chi connectivity index (χ1v) is 13.9. The molecule has 0 saturated carbocycles. The molecule has 2 aromatic heterocycles. The zero-order valence-electron chi connectivity index (χ0n) is 19.1. The number of nitrogens with zero attached hydrogens (tertiary/aromatic N) is 5. The van der Waals surface area contributed by atoms with Crippen molar-refractivity contribution in [2.45, 2.75) is 18.6 Å². The van der Waals surface area contributed by atoms with E-state index >= 15 is 0 Å². The third-order valence-electron chi connectivity index (χ3n) is 4.59. The number of anilines is 1. The number of aromatic nitrogens is 5. The van der Waals surface area contributed by atoms with Crippen molar-refractivity contribution in [2.75, 3.05) is 17.7 Å². The number of aryl methyl sites for hydroxylation is 1. The lowest BCUT2D eigenvalue weighted by Crippen LogP contribution is -2.29. The number of benzene rings is 2. The van der Waals surface area contributed by atoms with Crippen LogP contribution < -0.4 is 15.4 Å². The quantitative estimate of drug-likeness (QED) is 0.234. The molecule has 0 radical (unpaired) electrons. The van der Waals surface area contributed by atoms with Crippen molar-refractivity contribution in [1.82, 2.24) is 30.3 Å². The van der Waals surface area contributed by atoms with Gasteiger partial charge in [0.25, 0.3) is 5.91 Å². The average Bonchev–Trinajstić information content (AvgIpc) is 3.46. The van der Waals surface area contributed by atoms with Crippen molar-refractivity contribution in [3.8, 4) is 11.4 Å². The van der Waals surface area contributed by atoms with Gasteiger partial charge in [-0.05, 0) is 49.4 Å². The molecule has 37 heavy (non-hydrogen) atoms. The minimum Gasteiger partial charge on any atom is -0.482 e. The summed E-state index contributed by atoms with van der Waals surface area (Å²) in [5.41, 5.74) is 0.768. The lowest BCUT2D eigenvalue weighted by molar-refractivity contribution is -0.123. The Morgan fingerprint density at radius 1 is 1.08 bits per heavy atom. The van der Waals surface area contributed by atoms with Crippen molar-refractivity contribution in [1.29, 1.82) is 0 Å². The van der Waals surface area contributed by atoms with Gasteiger partial charge in [0.15, 0.2) is 17.6 Å². The van der Waals surface area contributed by atoms with Gasteiger partial charge >= 0.3 is 0 Å². The van der Waals surface area contributed by atoms with Crippen LogP contribution >= 0.6 is 62.2 Å². The number of hydrogen-bond acceptors (Lipinski definition) is 9. The monoisotopic (exact) mass is 641 g/mol. The van der Waals surface area contributed by atoms with E-state index in [0.717, 1.165) is 15.2 Å². The van der Waals surface area contributed by atoms with Crippen LogP contribution in [0.25, 0.3) is 5.69 Å². The molecule has 2 N–H and O–H groups in total. The highest BCUT2D eigenvalue weighted by atomic mass is 79.9. The van der Waals surface area contributed by atoms with Crippen molar-refractivity contribution >= 4 is 79.2 Å². The fraction of sp³-hybridized carbons (Fsp3) is 0.182. The smallest absolute Gasteiger partial charge is 0.258 e. The van der Waals surface area contributed by atoms with Crippen LogP contribution in [0.5, 0.6) is 5.75 Å². The van der Waals surface area contributed by atoms with E-state index in [9.17, 15) is 9.59 Å². The normalized spacial score (nSPS) is 10.8. The molecule has 10 nitrogen and oxygen atoms in total. The van der Waals surface area contributed by atoms with Crippen LogP contribution in [-0.2, 0) is 16.1 Å². The second-order valence-corrected chi connectivity index (χ2v) is 11.2. The molecule has 0 aliphatic rings. The lowest BCUT2D eigenvalue weighted by Gasteiger charge is -2.12. The number of nitrogens with one attached hydrogen (secondary N) is 2. The zero-order chi connectivity index (χ0) is 26.4. The highest BCUT2D eigenvalue weighted by molar-refractivity contribution is 9.10. The summed E-state index contributed by atoms with van der Waals surface area (Å²) in [6.07, 6.45) is 0.